The monoisotopic (exact) mass is 323 g/mol. The Balaban J connectivity index is 1.91. The molecule has 0 radical (unpaired) electrons. The molecule has 0 amide bonds. The largest absolute Gasteiger partial charge is 0.416 e. The zero-order valence-electron chi connectivity index (χ0n) is 11.1. The minimum atomic E-state index is -4.35. The highest BCUT2D eigenvalue weighted by Crippen LogP contribution is 2.33. The predicted molar refractivity (Wildman–Crippen MR) is 77.9 cm³/mol. The van der Waals surface area contributed by atoms with Gasteiger partial charge >= 0.3 is 6.18 Å². The van der Waals surface area contributed by atoms with Gasteiger partial charge in [0.25, 0.3) is 0 Å². The molecule has 0 aliphatic heterocycles. The van der Waals surface area contributed by atoms with Gasteiger partial charge < -0.3 is 0 Å². The van der Waals surface area contributed by atoms with Crippen LogP contribution in [0, 0.1) is 5.82 Å². The average Bonchev–Trinajstić information content (AvgIpc) is 2.96. The predicted octanol–water partition coefficient (Wildman–Crippen LogP) is 5.64. The first kappa shape index (κ1) is 14.7. The van der Waals surface area contributed by atoms with Gasteiger partial charge in [0.15, 0.2) is 0 Å². The molecule has 112 valence electrons. The number of nitrogens with zero attached hydrogens (tertiary/aromatic N) is 1. The van der Waals surface area contributed by atoms with Crippen LogP contribution < -0.4 is 0 Å². The Morgan fingerprint density at radius 2 is 1.64 bits per heavy atom. The first-order valence-electron chi connectivity index (χ1n) is 6.32. The van der Waals surface area contributed by atoms with Crippen molar-refractivity contribution in [2.45, 2.75) is 6.18 Å². The van der Waals surface area contributed by atoms with Crippen LogP contribution in [0.1, 0.15) is 5.56 Å². The van der Waals surface area contributed by atoms with Crippen molar-refractivity contribution in [3.63, 3.8) is 0 Å². The summed E-state index contributed by atoms with van der Waals surface area (Å²) in [6.07, 6.45) is -4.35. The summed E-state index contributed by atoms with van der Waals surface area (Å²) < 4.78 is 50.8. The average molecular weight is 323 g/mol. The van der Waals surface area contributed by atoms with Crippen molar-refractivity contribution < 1.29 is 17.6 Å². The standard InChI is InChI=1S/C16H9F4NS/c17-13-3-1-2-11(8-13)14-9-22-15(21-14)10-4-6-12(7-5-10)16(18,19)20/h1-9H. The topological polar surface area (TPSA) is 12.9 Å². The molecule has 0 saturated heterocycles. The smallest absolute Gasteiger partial charge is 0.236 e. The zero-order chi connectivity index (χ0) is 15.7. The van der Waals surface area contributed by atoms with Crippen molar-refractivity contribution in [3.8, 4) is 21.8 Å². The number of hydrogen-bond acceptors (Lipinski definition) is 2. The first-order chi connectivity index (χ1) is 10.4. The van der Waals surface area contributed by atoms with Gasteiger partial charge in [-0.25, -0.2) is 9.37 Å². The molecule has 0 N–H and O–H groups in total. The summed E-state index contributed by atoms with van der Waals surface area (Å²) >= 11 is 1.30. The van der Waals surface area contributed by atoms with Gasteiger partial charge in [-0.15, -0.1) is 11.3 Å². The van der Waals surface area contributed by atoms with Crippen LogP contribution in [-0.2, 0) is 6.18 Å². The lowest BCUT2D eigenvalue weighted by Crippen LogP contribution is -2.03. The normalized spacial score (nSPS) is 11.6. The Bertz CT molecular complexity index is 790. The lowest BCUT2D eigenvalue weighted by atomic mass is 10.1. The fourth-order valence-electron chi connectivity index (χ4n) is 1.99. The molecule has 0 aliphatic rings. The van der Waals surface area contributed by atoms with Gasteiger partial charge in [-0.3, -0.25) is 0 Å². The minimum Gasteiger partial charge on any atom is -0.236 e. The molecule has 3 aromatic rings. The van der Waals surface area contributed by atoms with E-state index in [-0.39, 0.29) is 5.82 Å². The molecule has 0 bridgehead atoms. The van der Waals surface area contributed by atoms with Crippen LogP contribution in [0.2, 0.25) is 0 Å². The summed E-state index contributed by atoms with van der Waals surface area (Å²) in [7, 11) is 0. The second kappa shape index (κ2) is 5.53. The molecular weight excluding hydrogens is 314 g/mol. The molecule has 3 rings (SSSR count). The highest BCUT2D eigenvalue weighted by Gasteiger charge is 2.30. The van der Waals surface area contributed by atoms with Crippen LogP contribution in [0.4, 0.5) is 17.6 Å². The van der Waals surface area contributed by atoms with Gasteiger partial charge in [0, 0.05) is 16.5 Å². The quantitative estimate of drug-likeness (QED) is 0.557. The van der Waals surface area contributed by atoms with Crippen LogP contribution >= 0.6 is 11.3 Å². The second-order valence-corrected chi connectivity index (χ2v) is 5.48. The number of alkyl halides is 3. The second-order valence-electron chi connectivity index (χ2n) is 4.62. The Kier molecular flexibility index (Phi) is 3.70. The SMILES string of the molecule is Fc1cccc(-c2csc(-c3ccc(C(F)(F)F)cc3)n2)c1. The molecule has 0 unspecified atom stereocenters. The lowest BCUT2D eigenvalue weighted by Gasteiger charge is -2.06. The summed E-state index contributed by atoms with van der Waals surface area (Å²) in [6, 6.07) is 10.8. The van der Waals surface area contributed by atoms with E-state index in [0.717, 1.165) is 12.1 Å². The zero-order valence-corrected chi connectivity index (χ0v) is 11.9. The maximum Gasteiger partial charge on any atom is 0.416 e. The van der Waals surface area contributed by atoms with Gasteiger partial charge in [0.05, 0.1) is 11.3 Å². The van der Waals surface area contributed by atoms with Gasteiger partial charge in [-0.1, -0.05) is 24.3 Å². The summed E-state index contributed by atoms with van der Waals surface area (Å²) in [6.45, 7) is 0. The van der Waals surface area contributed by atoms with Crippen molar-refractivity contribution in [2.75, 3.05) is 0 Å². The number of halogens is 4. The Morgan fingerprint density at radius 1 is 0.909 bits per heavy atom. The summed E-state index contributed by atoms with van der Waals surface area (Å²) in [5.74, 6) is -0.360. The van der Waals surface area contributed by atoms with E-state index in [2.05, 4.69) is 4.98 Å². The molecule has 0 spiro atoms. The number of hydrogen-bond donors (Lipinski definition) is 0. The fraction of sp³-hybridized carbons (Fsp3) is 0.0625. The third-order valence-electron chi connectivity index (χ3n) is 3.08. The maximum atomic E-state index is 13.2. The summed E-state index contributed by atoms with van der Waals surface area (Å²) in [4.78, 5) is 4.35. The molecule has 0 fully saturated rings. The molecule has 0 saturated carbocycles. The van der Waals surface area contributed by atoms with E-state index in [1.165, 1.54) is 35.6 Å². The molecule has 0 atom stereocenters. The molecule has 2 aromatic carbocycles. The third kappa shape index (κ3) is 3.01. The van der Waals surface area contributed by atoms with Crippen LogP contribution in [0.15, 0.2) is 53.9 Å². The molecule has 1 aromatic heterocycles. The van der Waals surface area contributed by atoms with E-state index in [1.807, 2.05) is 0 Å². The van der Waals surface area contributed by atoms with Crippen LogP contribution in [0.5, 0.6) is 0 Å². The molecule has 6 heteroatoms. The Labute approximate surface area is 127 Å². The molecule has 0 aliphatic carbocycles. The summed E-state index contributed by atoms with van der Waals surface area (Å²) in [5.41, 5.74) is 1.13. The van der Waals surface area contributed by atoms with Crippen LogP contribution in [0.25, 0.3) is 21.8 Å². The van der Waals surface area contributed by atoms with Crippen LogP contribution in [-0.4, -0.2) is 4.98 Å². The molecule has 1 heterocycles. The number of aromatic nitrogens is 1. The van der Waals surface area contributed by atoms with Gasteiger partial charge in [-0.2, -0.15) is 13.2 Å². The lowest BCUT2D eigenvalue weighted by molar-refractivity contribution is -0.137. The summed E-state index contributed by atoms with van der Waals surface area (Å²) in [5, 5.41) is 2.34. The molecule has 22 heavy (non-hydrogen) atoms. The van der Waals surface area contributed by atoms with Crippen molar-refractivity contribution in [1.82, 2.24) is 4.98 Å². The van der Waals surface area contributed by atoms with Gasteiger partial charge in [-0.05, 0) is 24.3 Å². The van der Waals surface area contributed by atoms with E-state index in [0.29, 0.717) is 21.8 Å². The van der Waals surface area contributed by atoms with E-state index >= 15 is 0 Å². The van der Waals surface area contributed by atoms with Gasteiger partial charge in [0.2, 0.25) is 0 Å². The van der Waals surface area contributed by atoms with Crippen molar-refractivity contribution in [2.24, 2.45) is 0 Å². The fourth-order valence-corrected chi connectivity index (χ4v) is 2.82. The molecule has 1 nitrogen and oxygen atoms in total. The van der Waals surface area contributed by atoms with E-state index in [1.54, 1.807) is 17.5 Å². The number of thiazole rings is 1. The number of rotatable bonds is 2. The van der Waals surface area contributed by atoms with Crippen LogP contribution in [0.3, 0.4) is 0 Å². The third-order valence-corrected chi connectivity index (χ3v) is 3.98. The van der Waals surface area contributed by atoms with E-state index in [9.17, 15) is 17.6 Å². The Hall–Kier alpha value is -2.21. The van der Waals surface area contributed by atoms with E-state index in [4.69, 9.17) is 0 Å². The maximum absolute atomic E-state index is 13.2. The minimum absolute atomic E-state index is 0.360. The van der Waals surface area contributed by atoms with E-state index < -0.39 is 11.7 Å². The first-order valence-corrected chi connectivity index (χ1v) is 7.20. The highest BCUT2D eigenvalue weighted by molar-refractivity contribution is 7.13. The molecular formula is C16H9F4NS. The van der Waals surface area contributed by atoms with Crippen molar-refractivity contribution in [1.29, 1.82) is 0 Å². The Morgan fingerprint density at radius 3 is 2.27 bits per heavy atom. The highest BCUT2D eigenvalue weighted by atomic mass is 32.1. The van der Waals surface area contributed by atoms with Crippen molar-refractivity contribution in [3.05, 3.63) is 65.3 Å². The van der Waals surface area contributed by atoms with Gasteiger partial charge in [0.1, 0.15) is 10.8 Å². The number of benzene rings is 2. The van der Waals surface area contributed by atoms with Crippen molar-refractivity contribution >= 4 is 11.3 Å².